The molecule has 3 unspecified atom stereocenters. The zero-order valence-corrected chi connectivity index (χ0v) is 17.2. The number of nitrogens with two attached hydrogens (primary N) is 3. The van der Waals surface area contributed by atoms with Crippen LogP contribution in [0.2, 0.25) is 0 Å². The van der Waals surface area contributed by atoms with Crippen LogP contribution in [0.3, 0.4) is 0 Å². The van der Waals surface area contributed by atoms with Crippen molar-refractivity contribution in [2.24, 2.45) is 23.3 Å². The van der Waals surface area contributed by atoms with Crippen LogP contribution in [0.1, 0.15) is 31.4 Å². The molecule has 162 valence electrons. The van der Waals surface area contributed by atoms with Gasteiger partial charge in [-0.15, -0.1) is 0 Å². The van der Waals surface area contributed by atoms with E-state index in [4.69, 9.17) is 17.3 Å². The maximum absolute atomic E-state index is 12.7. The number of urea groups is 1. The van der Waals surface area contributed by atoms with Gasteiger partial charge in [0.05, 0.1) is 17.4 Å². The second-order valence-corrected chi connectivity index (χ2v) is 8.48. The van der Waals surface area contributed by atoms with Crippen LogP contribution in [-0.2, 0) is 0 Å². The third-order valence-corrected chi connectivity index (χ3v) is 6.34. The van der Waals surface area contributed by atoms with E-state index in [1.54, 1.807) is 10.8 Å². The van der Waals surface area contributed by atoms with Crippen LogP contribution in [-0.4, -0.2) is 45.9 Å². The highest BCUT2D eigenvalue weighted by Crippen LogP contribution is 2.38. The van der Waals surface area contributed by atoms with Gasteiger partial charge in [-0.05, 0) is 31.6 Å². The van der Waals surface area contributed by atoms with E-state index in [2.05, 4.69) is 22.1 Å². The number of anilines is 1. The fourth-order valence-electron chi connectivity index (χ4n) is 4.55. The molecule has 2 fully saturated rings. The van der Waals surface area contributed by atoms with Gasteiger partial charge in [0.2, 0.25) is 0 Å². The second-order valence-electron chi connectivity index (χ2n) is 8.48. The minimum atomic E-state index is -0.592. The summed E-state index contributed by atoms with van der Waals surface area (Å²) in [5.74, 6) is 6.14. The Balaban J connectivity index is 1.72. The quantitative estimate of drug-likeness (QED) is 0.453. The molecule has 3 atom stereocenters. The molecule has 2 aliphatic rings. The summed E-state index contributed by atoms with van der Waals surface area (Å²) in [4.78, 5) is 42.8. The molecule has 2 aromatic heterocycles. The molecule has 1 aliphatic heterocycles. The van der Waals surface area contributed by atoms with Crippen molar-refractivity contribution in [1.29, 1.82) is 0 Å². The number of amides is 2. The van der Waals surface area contributed by atoms with Crippen LogP contribution in [0.25, 0.3) is 11.0 Å². The summed E-state index contributed by atoms with van der Waals surface area (Å²) >= 11 is 0. The molecule has 11 nitrogen and oxygen atoms in total. The van der Waals surface area contributed by atoms with Crippen LogP contribution in [0.15, 0.2) is 15.8 Å². The van der Waals surface area contributed by atoms with Crippen LogP contribution >= 0.6 is 0 Å². The lowest BCUT2D eigenvalue weighted by Crippen LogP contribution is -2.46. The Morgan fingerprint density at radius 3 is 2.67 bits per heavy atom. The Bertz CT molecular complexity index is 1120. The lowest BCUT2D eigenvalue weighted by molar-refractivity contribution is 0.246. The van der Waals surface area contributed by atoms with Crippen molar-refractivity contribution in [3.63, 3.8) is 0 Å². The minimum absolute atomic E-state index is 0.0460. The molecule has 2 aromatic rings. The Morgan fingerprint density at radius 2 is 2.03 bits per heavy atom. The number of rotatable bonds is 5. The average molecular weight is 416 g/mol. The largest absolute Gasteiger partial charge is 0.369 e. The van der Waals surface area contributed by atoms with Gasteiger partial charge in [-0.2, -0.15) is 4.68 Å². The summed E-state index contributed by atoms with van der Waals surface area (Å²) in [6, 6.07) is -0.781. The maximum atomic E-state index is 12.7. The van der Waals surface area contributed by atoms with E-state index in [9.17, 15) is 14.4 Å². The second kappa shape index (κ2) is 7.31. The summed E-state index contributed by atoms with van der Waals surface area (Å²) in [7, 11) is 0. The molecule has 0 bridgehead atoms. The maximum Gasteiger partial charge on any atom is 0.350 e. The first kappa shape index (κ1) is 20.2. The molecule has 0 radical (unpaired) electrons. The normalized spacial score (nSPS) is 22.4. The molecule has 1 saturated carbocycles. The number of fused-ring (bicyclic) bond motifs is 1. The summed E-state index contributed by atoms with van der Waals surface area (Å²) in [5, 5.41) is 2.57. The van der Waals surface area contributed by atoms with Crippen molar-refractivity contribution < 1.29 is 4.79 Å². The number of pyridine rings is 1. The number of aryl methyl sites for hydroxylation is 1. The van der Waals surface area contributed by atoms with Gasteiger partial charge in [-0.25, -0.2) is 14.6 Å². The van der Waals surface area contributed by atoms with Gasteiger partial charge < -0.3 is 27.5 Å². The number of nitrogen functional groups attached to an aromatic ring is 1. The van der Waals surface area contributed by atoms with Crippen LogP contribution in [0.5, 0.6) is 0 Å². The average Bonchev–Trinajstić information content (AvgIpc) is 3.46. The minimum Gasteiger partial charge on any atom is -0.369 e. The molecule has 11 heteroatoms. The molecule has 7 N–H and O–H groups in total. The first-order valence-electron chi connectivity index (χ1n) is 10.2. The number of aromatic nitrogens is 3. The van der Waals surface area contributed by atoms with Gasteiger partial charge >= 0.3 is 17.3 Å². The van der Waals surface area contributed by atoms with Crippen molar-refractivity contribution >= 4 is 22.8 Å². The van der Waals surface area contributed by atoms with Gasteiger partial charge in [-0.3, -0.25) is 9.36 Å². The van der Waals surface area contributed by atoms with Crippen molar-refractivity contribution in [3.05, 3.63) is 32.6 Å². The summed E-state index contributed by atoms with van der Waals surface area (Å²) in [5.41, 5.74) is 12.8. The first-order valence-corrected chi connectivity index (χ1v) is 10.2. The molecule has 0 spiro atoms. The van der Waals surface area contributed by atoms with E-state index in [0.717, 1.165) is 30.6 Å². The lowest BCUT2D eigenvalue weighted by Gasteiger charge is -2.24. The number of carbonyl (C=O) groups excluding carboxylic acids is 1. The van der Waals surface area contributed by atoms with Crippen molar-refractivity contribution in [2.75, 3.05) is 30.4 Å². The SMILES string of the molecule is Cc1c(N2CC(C)C(C(N)CNC(N)=O)C2)cnc2c(=O)n(N)c(=O)n(C3CC3)c12. The molecule has 4 rings (SSSR count). The lowest BCUT2D eigenvalue weighted by atomic mass is 9.91. The molecule has 30 heavy (non-hydrogen) atoms. The van der Waals surface area contributed by atoms with E-state index in [-0.39, 0.29) is 29.4 Å². The molecule has 3 heterocycles. The van der Waals surface area contributed by atoms with E-state index in [0.29, 0.717) is 23.3 Å². The van der Waals surface area contributed by atoms with Crippen LogP contribution < -0.4 is 38.8 Å². The molecule has 2 amide bonds. The summed E-state index contributed by atoms with van der Waals surface area (Å²) in [6.07, 6.45) is 3.42. The number of hydrogen-bond acceptors (Lipinski definition) is 7. The van der Waals surface area contributed by atoms with Crippen LogP contribution in [0, 0.1) is 18.8 Å². The zero-order chi connectivity index (χ0) is 21.7. The van der Waals surface area contributed by atoms with Crippen molar-refractivity contribution in [2.45, 2.75) is 38.8 Å². The standard InChI is InChI=1S/C19H28N8O3/c1-9-7-25(8-12(9)13(20)5-24-18(21)29)14-6-23-15-16(10(14)2)26(11-3-4-11)19(30)27(22)17(15)28/h6,9,11-13H,3-5,7-8,20,22H2,1-2H3,(H3,21,24,29). The van der Waals surface area contributed by atoms with Gasteiger partial charge in [0, 0.05) is 37.3 Å². The predicted octanol–water partition coefficient (Wildman–Crippen LogP) is -1.02. The Morgan fingerprint density at radius 1 is 1.33 bits per heavy atom. The molecule has 1 aliphatic carbocycles. The van der Waals surface area contributed by atoms with Gasteiger partial charge in [-0.1, -0.05) is 6.92 Å². The van der Waals surface area contributed by atoms with Crippen molar-refractivity contribution in [1.82, 2.24) is 19.5 Å². The Kier molecular flexibility index (Phi) is 4.92. The third kappa shape index (κ3) is 3.28. The first-order chi connectivity index (χ1) is 14.2. The van der Waals surface area contributed by atoms with Crippen LogP contribution in [0.4, 0.5) is 10.5 Å². The van der Waals surface area contributed by atoms with E-state index in [1.807, 2.05) is 6.92 Å². The summed E-state index contributed by atoms with van der Waals surface area (Å²) < 4.78 is 2.26. The predicted molar refractivity (Wildman–Crippen MR) is 114 cm³/mol. The summed E-state index contributed by atoms with van der Waals surface area (Å²) in [6.45, 7) is 5.77. The topological polar surface area (TPSA) is 167 Å². The molecular weight excluding hydrogens is 388 g/mol. The smallest absolute Gasteiger partial charge is 0.350 e. The fourth-order valence-corrected chi connectivity index (χ4v) is 4.55. The molecular formula is C19H28N8O3. The number of nitrogens with zero attached hydrogens (tertiary/aromatic N) is 4. The van der Waals surface area contributed by atoms with E-state index in [1.165, 1.54) is 0 Å². The highest BCUT2D eigenvalue weighted by molar-refractivity contribution is 5.83. The highest BCUT2D eigenvalue weighted by Gasteiger charge is 2.36. The number of nitrogens with one attached hydrogen (secondary N) is 1. The van der Waals surface area contributed by atoms with Gasteiger partial charge in [0.1, 0.15) is 0 Å². The van der Waals surface area contributed by atoms with E-state index < -0.39 is 17.3 Å². The molecule has 0 aromatic carbocycles. The zero-order valence-electron chi connectivity index (χ0n) is 17.2. The number of carbonyl (C=O) groups is 1. The Hall–Kier alpha value is -3.08. The van der Waals surface area contributed by atoms with E-state index >= 15 is 0 Å². The number of primary amides is 1. The van der Waals surface area contributed by atoms with Crippen molar-refractivity contribution in [3.8, 4) is 0 Å². The number of hydrogen-bond donors (Lipinski definition) is 4. The molecule has 1 saturated heterocycles. The monoisotopic (exact) mass is 416 g/mol. The third-order valence-electron chi connectivity index (χ3n) is 6.34. The fraction of sp³-hybridized carbons (Fsp3) is 0.579. The van der Waals surface area contributed by atoms with Gasteiger partial charge in [0.15, 0.2) is 5.52 Å². The Labute approximate surface area is 172 Å². The van der Waals surface area contributed by atoms with Gasteiger partial charge in [0.25, 0.3) is 0 Å². The highest BCUT2D eigenvalue weighted by atomic mass is 16.2.